The fourth-order valence-electron chi connectivity index (χ4n) is 1.07. The lowest BCUT2D eigenvalue weighted by Crippen LogP contribution is -2.24. The molecule has 0 atom stereocenters. The van der Waals surface area contributed by atoms with E-state index < -0.39 is 11.2 Å². The third-order valence-electron chi connectivity index (χ3n) is 1.61. The molecule has 0 saturated carbocycles. The molecule has 0 spiro atoms. The van der Waals surface area contributed by atoms with Crippen molar-refractivity contribution < 1.29 is 4.84 Å². The van der Waals surface area contributed by atoms with E-state index in [0.717, 1.165) is 0 Å². The van der Waals surface area contributed by atoms with Crippen LogP contribution in [0.1, 0.15) is 0 Å². The Morgan fingerprint density at radius 2 is 2.23 bits per heavy atom. The van der Waals surface area contributed by atoms with Gasteiger partial charge in [-0.15, -0.1) is 0 Å². The van der Waals surface area contributed by atoms with Crippen molar-refractivity contribution in [2.24, 2.45) is 0 Å². The summed E-state index contributed by atoms with van der Waals surface area (Å²) in [6.45, 7) is 0. The smallest absolute Gasteiger partial charge is 0.327 e. The molecule has 2 rings (SSSR count). The van der Waals surface area contributed by atoms with Crippen molar-refractivity contribution in [1.82, 2.24) is 19.7 Å². The van der Waals surface area contributed by atoms with E-state index in [1.807, 2.05) is 0 Å². The van der Waals surface area contributed by atoms with Gasteiger partial charge in [0.05, 0.1) is 0 Å². The van der Waals surface area contributed by atoms with E-state index in [-0.39, 0.29) is 11.2 Å². The minimum absolute atomic E-state index is 0.183. The van der Waals surface area contributed by atoms with Crippen molar-refractivity contribution in [2.75, 3.05) is 7.11 Å². The van der Waals surface area contributed by atoms with Crippen molar-refractivity contribution >= 4 is 11.2 Å². The predicted molar refractivity (Wildman–Crippen MR) is 43.5 cm³/mol. The molecule has 2 aromatic heterocycles. The second-order valence-corrected chi connectivity index (χ2v) is 2.36. The van der Waals surface area contributed by atoms with Crippen molar-refractivity contribution in [3.8, 4) is 0 Å². The molecule has 0 bridgehead atoms. The van der Waals surface area contributed by atoms with Gasteiger partial charge in [-0.25, -0.2) is 9.78 Å². The summed E-state index contributed by atoms with van der Waals surface area (Å²) in [6.07, 6.45) is 1.30. The van der Waals surface area contributed by atoms with E-state index in [9.17, 15) is 9.59 Å². The highest BCUT2D eigenvalue weighted by Gasteiger charge is 2.07. The number of rotatable bonds is 1. The first-order valence-electron chi connectivity index (χ1n) is 3.46. The van der Waals surface area contributed by atoms with Gasteiger partial charge in [-0.2, -0.15) is 4.73 Å². The highest BCUT2D eigenvalue weighted by molar-refractivity contribution is 5.68. The first kappa shape index (κ1) is 7.59. The molecule has 0 aliphatic heterocycles. The molecule has 13 heavy (non-hydrogen) atoms. The van der Waals surface area contributed by atoms with Crippen LogP contribution in [0.4, 0.5) is 0 Å². The van der Waals surface area contributed by atoms with Gasteiger partial charge in [0.2, 0.25) is 0 Å². The molecule has 7 nitrogen and oxygen atoms in total. The summed E-state index contributed by atoms with van der Waals surface area (Å²) >= 11 is 0. The van der Waals surface area contributed by atoms with Crippen molar-refractivity contribution in [2.45, 2.75) is 0 Å². The number of nitrogens with one attached hydrogen (secondary N) is 2. The van der Waals surface area contributed by atoms with Crippen LogP contribution in [0.5, 0.6) is 0 Å². The Balaban J connectivity index is 2.99. The number of imidazole rings is 1. The lowest BCUT2D eigenvalue weighted by atomic mass is 10.5. The first-order chi connectivity index (χ1) is 6.22. The molecule has 7 heteroatoms. The Morgan fingerprint density at radius 1 is 1.46 bits per heavy atom. The zero-order valence-corrected chi connectivity index (χ0v) is 6.70. The van der Waals surface area contributed by atoms with Crippen LogP contribution in [0, 0.1) is 0 Å². The van der Waals surface area contributed by atoms with Crippen molar-refractivity contribution in [1.29, 1.82) is 0 Å². The summed E-state index contributed by atoms with van der Waals surface area (Å²) in [5.74, 6) is 0. The van der Waals surface area contributed by atoms with Gasteiger partial charge in [-0.1, -0.05) is 0 Å². The Labute approximate surface area is 70.9 Å². The molecule has 2 aromatic rings. The first-order valence-corrected chi connectivity index (χ1v) is 3.46. The number of aromatic amines is 2. The number of hydrogen-bond acceptors (Lipinski definition) is 4. The monoisotopic (exact) mass is 182 g/mol. The number of hydrogen-bond donors (Lipinski definition) is 2. The fourth-order valence-corrected chi connectivity index (χ4v) is 1.07. The quantitative estimate of drug-likeness (QED) is 0.559. The zero-order valence-electron chi connectivity index (χ0n) is 6.70. The molecule has 0 fully saturated rings. The van der Waals surface area contributed by atoms with Crippen LogP contribution in [-0.2, 0) is 0 Å². The van der Waals surface area contributed by atoms with Crippen LogP contribution in [-0.4, -0.2) is 26.8 Å². The number of aromatic nitrogens is 4. The van der Waals surface area contributed by atoms with Crippen LogP contribution in [0.15, 0.2) is 15.9 Å². The average molecular weight is 182 g/mol. The fraction of sp³-hybridized carbons (Fsp3) is 0.167. The molecule has 2 heterocycles. The second-order valence-electron chi connectivity index (χ2n) is 2.36. The van der Waals surface area contributed by atoms with Crippen LogP contribution in [0.3, 0.4) is 0 Å². The Kier molecular flexibility index (Phi) is 1.44. The van der Waals surface area contributed by atoms with Gasteiger partial charge < -0.3 is 4.84 Å². The summed E-state index contributed by atoms with van der Waals surface area (Å²) in [5.41, 5.74) is -0.727. The number of nitrogens with zero attached hydrogens (tertiary/aromatic N) is 2. The highest BCUT2D eigenvalue weighted by Crippen LogP contribution is 1.98. The largest absolute Gasteiger partial charge is 0.415 e. The van der Waals surface area contributed by atoms with Gasteiger partial charge in [-0.3, -0.25) is 14.8 Å². The lowest BCUT2D eigenvalue weighted by Gasteiger charge is -1.97. The van der Waals surface area contributed by atoms with Gasteiger partial charge >= 0.3 is 5.69 Å². The Morgan fingerprint density at radius 3 is 2.92 bits per heavy atom. The zero-order chi connectivity index (χ0) is 9.42. The van der Waals surface area contributed by atoms with E-state index in [4.69, 9.17) is 4.84 Å². The molecule has 0 aromatic carbocycles. The van der Waals surface area contributed by atoms with E-state index in [1.54, 1.807) is 0 Å². The standard InChI is InChI=1S/C6H6N4O3/c1-13-10-2-7-4-3(10)5(11)9-6(12)8-4/h2H,1H3,(H2,8,9,11,12). The third-order valence-corrected chi connectivity index (χ3v) is 1.61. The molecule has 0 radical (unpaired) electrons. The molecule has 0 unspecified atom stereocenters. The van der Waals surface area contributed by atoms with Crippen LogP contribution < -0.4 is 16.1 Å². The maximum Gasteiger partial charge on any atom is 0.327 e. The number of H-pyrrole nitrogens is 2. The lowest BCUT2D eigenvalue weighted by molar-refractivity contribution is 0.177. The predicted octanol–water partition coefficient (Wildman–Crippen LogP) is -1.53. The molecule has 0 amide bonds. The topological polar surface area (TPSA) is 92.8 Å². The van der Waals surface area contributed by atoms with Crippen LogP contribution in [0.2, 0.25) is 0 Å². The summed E-state index contributed by atoms with van der Waals surface area (Å²) in [5, 5.41) is 0. The van der Waals surface area contributed by atoms with Gasteiger partial charge in [0.25, 0.3) is 5.56 Å². The van der Waals surface area contributed by atoms with Crippen molar-refractivity contribution in [3.63, 3.8) is 0 Å². The Bertz CT molecular complexity index is 549. The molecule has 0 saturated heterocycles. The normalized spacial score (nSPS) is 10.5. The molecule has 2 N–H and O–H groups in total. The van der Waals surface area contributed by atoms with Crippen LogP contribution in [0.25, 0.3) is 11.2 Å². The summed E-state index contributed by atoms with van der Waals surface area (Å²) < 4.78 is 1.17. The van der Waals surface area contributed by atoms with Crippen LogP contribution >= 0.6 is 0 Å². The van der Waals surface area contributed by atoms with Crippen molar-refractivity contribution in [3.05, 3.63) is 27.2 Å². The van der Waals surface area contributed by atoms with Gasteiger partial charge in [0, 0.05) is 0 Å². The van der Waals surface area contributed by atoms with Gasteiger partial charge in [-0.05, 0) is 0 Å². The Hall–Kier alpha value is -2.05. The summed E-state index contributed by atoms with van der Waals surface area (Å²) in [7, 11) is 1.39. The van der Waals surface area contributed by atoms with Gasteiger partial charge in [0.1, 0.15) is 13.4 Å². The van der Waals surface area contributed by atoms with E-state index in [2.05, 4.69) is 15.0 Å². The molecule has 0 aliphatic carbocycles. The van der Waals surface area contributed by atoms with Gasteiger partial charge in [0.15, 0.2) is 11.2 Å². The summed E-state index contributed by atoms with van der Waals surface area (Å²) in [4.78, 5) is 35.0. The van der Waals surface area contributed by atoms with E-state index in [1.165, 1.54) is 18.2 Å². The highest BCUT2D eigenvalue weighted by atomic mass is 16.6. The molecule has 68 valence electrons. The van der Waals surface area contributed by atoms with E-state index in [0.29, 0.717) is 0 Å². The maximum atomic E-state index is 11.2. The third kappa shape index (κ3) is 1.01. The SMILES string of the molecule is COn1cnc2[nH]c(=O)[nH]c(=O)c21. The number of fused-ring (bicyclic) bond motifs is 1. The summed E-state index contributed by atoms with van der Waals surface area (Å²) in [6, 6.07) is 0. The molecule has 0 aliphatic rings. The second kappa shape index (κ2) is 2.47. The van der Waals surface area contributed by atoms with E-state index >= 15 is 0 Å². The maximum absolute atomic E-state index is 11.2. The molecular formula is C6H6N4O3. The average Bonchev–Trinajstić information content (AvgIpc) is 2.47. The minimum atomic E-state index is -0.584. The minimum Gasteiger partial charge on any atom is -0.415 e. The molecular weight excluding hydrogens is 176 g/mol.